The number of fused-ring (bicyclic) bond motifs is 1. The molecular formula is C19H20N2O3S. The lowest BCUT2D eigenvalue weighted by atomic mass is 10.1. The van der Waals surface area contributed by atoms with Crippen molar-refractivity contribution in [2.24, 2.45) is 0 Å². The van der Waals surface area contributed by atoms with Crippen LogP contribution in [0.2, 0.25) is 0 Å². The van der Waals surface area contributed by atoms with Gasteiger partial charge in [-0.2, -0.15) is 0 Å². The van der Waals surface area contributed by atoms with Gasteiger partial charge in [0.05, 0.1) is 22.7 Å². The Morgan fingerprint density at radius 2 is 1.76 bits per heavy atom. The first kappa shape index (κ1) is 16.3. The first-order valence-corrected chi connectivity index (χ1v) is 9.83. The largest absolute Gasteiger partial charge is 0.395 e. The predicted octanol–water partition coefficient (Wildman–Crippen LogP) is 2.66. The fourth-order valence-corrected chi connectivity index (χ4v) is 5.15. The lowest BCUT2D eigenvalue weighted by molar-refractivity contribution is 0.251. The van der Waals surface area contributed by atoms with E-state index in [4.69, 9.17) is 0 Å². The van der Waals surface area contributed by atoms with Crippen molar-refractivity contribution in [1.82, 2.24) is 9.29 Å². The summed E-state index contributed by atoms with van der Waals surface area (Å²) >= 11 is 0. The molecule has 4 rings (SSSR count). The minimum atomic E-state index is -3.70. The zero-order valence-electron chi connectivity index (χ0n) is 13.7. The van der Waals surface area contributed by atoms with Crippen LogP contribution in [0.1, 0.15) is 24.6 Å². The van der Waals surface area contributed by atoms with Crippen LogP contribution in [0.25, 0.3) is 10.9 Å². The van der Waals surface area contributed by atoms with Gasteiger partial charge in [0.25, 0.3) is 10.0 Å². The minimum Gasteiger partial charge on any atom is -0.395 e. The monoisotopic (exact) mass is 356 g/mol. The molecule has 0 radical (unpaired) electrons. The number of aliphatic hydroxyl groups excluding tert-OH is 1. The maximum absolute atomic E-state index is 13.3. The van der Waals surface area contributed by atoms with Crippen molar-refractivity contribution in [2.45, 2.75) is 29.8 Å². The van der Waals surface area contributed by atoms with Gasteiger partial charge in [0.2, 0.25) is 0 Å². The van der Waals surface area contributed by atoms with Crippen molar-refractivity contribution >= 4 is 20.9 Å². The molecule has 1 fully saturated rings. The number of hydrogen-bond acceptors (Lipinski definition) is 4. The second-order valence-electron chi connectivity index (χ2n) is 6.39. The van der Waals surface area contributed by atoms with Gasteiger partial charge in [-0.1, -0.05) is 36.4 Å². The lowest BCUT2D eigenvalue weighted by Crippen LogP contribution is -2.29. The summed E-state index contributed by atoms with van der Waals surface area (Å²) in [6.45, 7) is 0.0577. The molecule has 0 saturated carbocycles. The van der Waals surface area contributed by atoms with Crippen molar-refractivity contribution in [2.75, 3.05) is 6.61 Å². The van der Waals surface area contributed by atoms with Gasteiger partial charge in [0.15, 0.2) is 0 Å². The summed E-state index contributed by atoms with van der Waals surface area (Å²) in [6.07, 6.45) is 1.62. The molecule has 25 heavy (non-hydrogen) atoms. The molecule has 1 aliphatic heterocycles. The third-order valence-electron chi connectivity index (χ3n) is 4.79. The van der Waals surface area contributed by atoms with Gasteiger partial charge in [-0.15, -0.1) is 0 Å². The van der Waals surface area contributed by atoms with E-state index in [-0.39, 0.29) is 23.6 Å². The van der Waals surface area contributed by atoms with Gasteiger partial charge >= 0.3 is 0 Å². The molecule has 0 spiro atoms. The number of aliphatic hydroxyl groups is 1. The van der Waals surface area contributed by atoms with Gasteiger partial charge in [-0.25, -0.2) is 12.4 Å². The Hall–Kier alpha value is -2.15. The fourth-order valence-electron chi connectivity index (χ4n) is 3.56. The standard InChI is InChI=1S/C19H20N2O3S/c22-13-15-10-11-17(20-15)19-12-14-6-4-5-9-18(14)21(19)25(23,24)16-7-2-1-3-8-16/h1-9,12,15,17,20,22H,10-11,13H2/t15-,17-/m0/s1. The Kier molecular flexibility index (Phi) is 4.11. The summed E-state index contributed by atoms with van der Waals surface area (Å²) in [5.41, 5.74) is 1.40. The van der Waals surface area contributed by atoms with Crippen LogP contribution in [0.4, 0.5) is 0 Å². The number of benzene rings is 2. The average molecular weight is 356 g/mol. The molecular weight excluding hydrogens is 336 g/mol. The molecule has 0 unspecified atom stereocenters. The molecule has 0 aliphatic carbocycles. The van der Waals surface area contributed by atoms with E-state index in [1.165, 1.54) is 3.97 Å². The highest BCUT2D eigenvalue weighted by Gasteiger charge is 2.31. The Balaban J connectivity index is 1.92. The van der Waals surface area contributed by atoms with E-state index in [1.54, 1.807) is 30.3 Å². The smallest absolute Gasteiger partial charge is 0.268 e. The van der Waals surface area contributed by atoms with E-state index in [9.17, 15) is 13.5 Å². The van der Waals surface area contributed by atoms with Crippen LogP contribution in [-0.2, 0) is 10.0 Å². The van der Waals surface area contributed by atoms with Crippen molar-refractivity contribution in [3.63, 3.8) is 0 Å². The van der Waals surface area contributed by atoms with E-state index in [2.05, 4.69) is 5.32 Å². The summed E-state index contributed by atoms with van der Waals surface area (Å²) in [5.74, 6) is 0. The van der Waals surface area contributed by atoms with Crippen LogP contribution in [-0.4, -0.2) is 30.1 Å². The highest BCUT2D eigenvalue weighted by molar-refractivity contribution is 7.90. The van der Waals surface area contributed by atoms with Crippen LogP contribution in [0.3, 0.4) is 0 Å². The van der Waals surface area contributed by atoms with Crippen LogP contribution in [0, 0.1) is 0 Å². The molecule has 1 saturated heterocycles. The minimum absolute atomic E-state index is 0.0101. The predicted molar refractivity (Wildman–Crippen MR) is 96.9 cm³/mol. The molecule has 6 heteroatoms. The van der Waals surface area contributed by atoms with E-state index in [0.29, 0.717) is 5.52 Å². The molecule has 2 atom stereocenters. The van der Waals surface area contributed by atoms with E-state index >= 15 is 0 Å². The Morgan fingerprint density at radius 3 is 2.48 bits per heavy atom. The van der Waals surface area contributed by atoms with E-state index < -0.39 is 10.0 Å². The van der Waals surface area contributed by atoms with Crippen LogP contribution >= 0.6 is 0 Å². The van der Waals surface area contributed by atoms with Crippen molar-refractivity contribution in [1.29, 1.82) is 0 Å². The van der Waals surface area contributed by atoms with Crippen LogP contribution < -0.4 is 5.32 Å². The average Bonchev–Trinajstić information content (AvgIpc) is 3.26. The number of para-hydroxylation sites is 1. The number of rotatable bonds is 4. The maximum atomic E-state index is 13.3. The van der Waals surface area contributed by atoms with Crippen molar-refractivity contribution in [3.05, 3.63) is 66.4 Å². The van der Waals surface area contributed by atoms with Gasteiger partial charge in [0, 0.05) is 17.5 Å². The highest BCUT2D eigenvalue weighted by Crippen LogP contribution is 2.33. The number of nitrogens with zero attached hydrogens (tertiary/aromatic N) is 1. The molecule has 0 amide bonds. The van der Waals surface area contributed by atoms with Crippen LogP contribution in [0.5, 0.6) is 0 Å². The Labute approximate surface area is 147 Å². The maximum Gasteiger partial charge on any atom is 0.268 e. The van der Waals surface area contributed by atoms with Gasteiger partial charge < -0.3 is 10.4 Å². The molecule has 130 valence electrons. The molecule has 1 aliphatic rings. The third-order valence-corrected chi connectivity index (χ3v) is 6.55. The topological polar surface area (TPSA) is 71.3 Å². The summed E-state index contributed by atoms with van der Waals surface area (Å²) in [5, 5.41) is 13.6. The van der Waals surface area contributed by atoms with Crippen molar-refractivity contribution < 1.29 is 13.5 Å². The molecule has 3 aromatic rings. The van der Waals surface area contributed by atoms with Crippen LogP contribution in [0.15, 0.2) is 65.6 Å². The van der Waals surface area contributed by atoms with Gasteiger partial charge in [0.1, 0.15) is 0 Å². The quantitative estimate of drug-likeness (QED) is 0.754. The summed E-state index contributed by atoms with van der Waals surface area (Å²) in [4.78, 5) is 0.273. The molecule has 1 aromatic heterocycles. The van der Waals surface area contributed by atoms with E-state index in [1.807, 2.05) is 30.3 Å². The van der Waals surface area contributed by atoms with E-state index in [0.717, 1.165) is 23.9 Å². The first-order chi connectivity index (χ1) is 12.1. The summed E-state index contributed by atoms with van der Waals surface area (Å²) in [6, 6.07) is 17.9. The molecule has 0 bridgehead atoms. The zero-order valence-corrected chi connectivity index (χ0v) is 14.5. The molecule has 5 nitrogen and oxygen atoms in total. The number of nitrogens with one attached hydrogen (secondary N) is 1. The highest BCUT2D eigenvalue weighted by atomic mass is 32.2. The Morgan fingerprint density at radius 1 is 1.04 bits per heavy atom. The number of hydrogen-bond donors (Lipinski definition) is 2. The summed E-state index contributed by atoms with van der Waals surface area (Å²) < 4.78 is 28.1. The third kappa shape index (κ3) is 2.76. The second kappa shape index (κ2) is 6.29. The van der Waals surface area contributed by atoms with Gasteiger partial charge in [-0.3, -0.25) is 0 Å². The zero-order chi connectivity index (χ0) is 17.4. The molecule has 2 aromatic carbocycles. The second-order valence-corrected chi connectivity index (χ2v) is 8.17. The number of aromatic nitrogens is 1. The SMILES string of the molecule is O=S(=O)(c1ccccc1)n1c([C@@H]2CC[C@@H](CO)N2)cc2ccccc21. The van der Waals surface area contributed by atoms with Crippen molar-refractivity contribution in [3.8, 4) is 0 Å². The van der Waals surface area contributed by atoms with Gasteiger partial charge in [-0.05, 0) is 37.1 Å². The normalized spacial score (nSPS) is 21.0. The molecule has 2 N–H and O–H groups in total. The molecule has 2 heterocycles. The summed E-state index contributed by atoms with van der Waals surface area (Å²) in [7, 11) is -3.70. The lowest BCUT2D eigenvalue weighted by Gasteiger charge is -2.17. The Bertz CT molecular complexity index is 996. The fraction of sp³-hybridized carbons (Fsp3) is 0.263. The first-order valence-electron chi connectivity index (χ1n) is 8.39.